The molecule has 0 aromatic carbocycles. The lowest BCUT2D eigenvalue weighted by Gasteiger charge is -2.23. The van der Waals surface area contributed by atoms with E-state index in [1.54, 1.807) is 18.0 Å². The van der Waals surface area contributed by atoms with E-state index in [1.807, 2.05) is 10.9 Å². The maximum atomic E-state index is 12.3. The highest BCUT2D eigenvalue weighted by molar-refractivity contribution is 5.92. The number of halogens is 1. The minimum Gasteiger partial charge on any atom is -0.469 e. The lowest BCUT2D eigenvalue weighted by Crippen LogP contribution is -2.32. The molecule has 1 unspecified atom stereocenters. The van der Waals surface area contributed by atoms with E-state index in [0.717, 1.165) is 25.9 Å². The quantitative estimate of drug-likeness (QED) is 0.786. The van der Waals surface area contributed by atoms with Gasteiger partial charge in [-0.3, -0.25) is 14.3 Å². The van der Waals surface area contributed by atoms with Crippen molar-refractivity contribution in [1.82, 2.24) is 20.0 Å². The summed E-state index contributed by atoms with van der Waals surface area (Å²) in [5.74, 6) is -0.373. The number of esters is 1. The summed E-state index contributed by atoms with van der Waals surface area (Å²) >= 11 is 0. The number of rotatable bonds is 6. The van der Waals surface area contributed by atoms with Gasteiger partial charge in [0.1, 0.15) is 5.69 Å². The molecule has 0 radical (unpaired) electrons. The molecule has 130 valence electrons. The Morgan fingerprint density at radius 3 is 2.96 bits per heavy atom. The zero-order valence-corrected chi connectivity index (χ0v) is 14.5. The van der Waals surface area contributed by atoms with Crippen molar-refractivity contribution < 1.29 is 14.3 Å². The van der Waals surface area contributed by atoms with Crippen molar-refractivity contribution in [2.45, 2.75) is 31.7 Å². The largest absolute Gasteiger partial charge is 0.469 e. The zero-order chi connectivity index (χ0) is 15.9. The number of nitrogens with zero attached hydrogens (tertiary/aromatic N) is 3. The third-order valence-corrected chi connectivity index (χ3v) is 3.92. The summed E-state index contributed by atoms with van der Waals surface area (Å²) in [5.41, 5.74) is 0.450. The first-order valence-corrected chi connectivity index (χ1v) is 7.70. The van der Waals surface area contributed by atoms with Crippen LogP contribution < -0.4 is 5.32 Å². The molecule has 7 nitrogen and oxygen atoms in total. The first-order valence-electron chi connectivity index (χ1n) is 7.70. The molecule has 1 fully saturated rings. The second kappa shape index (κ2) is 9.52. The fraction of sp³-hybridized carbons (Fsp3) is 0.667. The van der Waals surface area contributed by atoms with Crippen molar-refractivity contribution in [2.75, 3.05) is 33.8 Å². The summed E-state index contributed by atoms with van der Waals surface area (Å²) in [7, 11) is 3.09. The lowest BCUT2D eigenvalue weighted by atomic mass is 10.1. The first kappa shape index (κ1) is 19.4. The van der Waals surface area contributed by atoms with Gasteiger partial charge >= 0.3 is 5.97 Å². The van der Waals surface area contributed by atoms with Gasteiger partial charge in [-0.1, -0.05) is 0 Å². The van der Waals surface area contributed by atoms with Crippen LogP contribution in [0.15, 0.2) is 12.3 Å². The van der Waals surface area contributed by atoms with E-state index >= 15 is 0 Å². The number of aromatic nitrogens is 2. The first-order chi connectivity index (χ1) is 10.6. The molecule has 0 spiro atoms. The number of amides is 1. The molecule has 1 amide bonds. The van der Waals surface area contributed by atoms with Crippen molar-refractivity contribution in [3.05, 3.63) is 18.0 Å². The van der Waals surface area contributed by atoms with Gasteiger partial charge in [0.15, 0.2) is 0 Å². The van der Waals surface area contributed by atoms with E-state index in [2.05, 4.69) is 15.2 Å². The van der Waals surface area contributed by atoms with Gasteiger partial charge in [0.2, 0.25) is 0 Å². The molecule has 1 aliphatic heterocycles. The van der Waals surface area contributed by atoms with Crippen LogP contribution in [0, 0.1) is 0 Å². The maximum absolute atomic E-state index is 12.3. The summed E-state index contributed by atoms with van der Waals surface area (Å²) in [6, 6.07) is 2.08. The SMILES string of the molecule is COC(=O)CCCN(C)C(=O)c1ccn(C2CCCNC2)n1.Cl. The molecule has 1 aromatic heterocycles. The number of ether oxygens (including phenoxy) is 1. The Bertz CT molecular complexity index is 515. The molecule has 8 heteroatoms. The number of hydrogen-bond acceptors (Lipinski definition) is 5. The van der Waals surface area contributed by atoms with Gasteiger partial charge in [-0.2, -0.15) is 5.10 Å². The van der Waals surface area contributed by atoms with Crippen molar-refractivity contribution in [1.29, 1.82) is 0 Å². The number of carbonyl (C=O) groups is 2. The average molecular weight is 345 g/mol. The van der Waals surface area contributed by atoms with Crippen LogP contribution in [-0.2, 0) is 9.53 Å². The van der Waals surface area contributed by atoms with E-state index in [1.165, 1.54) is 7.11 Å². The van der Waals surface area contributed by atoms with Crippen molar-refractivity contribution in [3.63, 3.8) is 0 Å². The Balaban J connectivity index is 0.00000264. The maximum Gasteiger partial charge on any atom is 0.305 e. The van der Waals surface area contributed by atoms with Gasteiger partial charge < -0.3 is 15.0 Å². The number of piperidine rings is 1. The van der Waals surface area contributed by atoms with Gasteiger partial charge in [0.25, 0.3) is 5.91 Å². The summed E-state index contributed by atoms with van der Waals surface area (Å²) in [4.78, 5) is 25.0. The van der Waals surface area contributed by atoms with Crippen molar-refractivity contribution in [2.24, 2.45) is 0 Å². The van der Waals surface area contributed by atoms with Crippen LogP contribution in [0.5, 0.6) is 0 Å². The van der Waals surface area contributed by atoms with Crippen LogP contribution in [0.2, 0.25) is 0 Å². The van der Waals surface area contributed by atoms with E-state index in [9.17, 15) is 9.59 Å². The highest BCUT2D eigenvalue weighted by Gasteiger charge is 2.19. The molecule has 1 N–H and O–H groups in total. The Hall–Kier alpha value is -1.60. The molecule has 1 aromatic rings. The van der Waals surface area contributed by atoms with Crippen molar-refractivity contribution >= 4 is 24.3 Å². The summed E-state index contributed by atoms with van der Waals surface area (Å²) in [6.45, 7) is 2.45. The fourth-order valence-electron chi connectivity index (χ4n) is 2.57. The minimum atomic E-state index is -0.255. The Morgan fingerprint density at radius 2 is 2.30 bits per heavy atom. The van der Waals surface area contributed by atoms with E-state index in [4.69, 9.17) is 0 Å². The van der Waals surface area contributed by atoms with Gasteiger partial charge in [-0.15, -0.1) is 12.4 Å². The summed E-state index contributed by atoms with van der Waals surface area (Å²) in [6.07, 6.45) is 4.98. The van der Waals surface area contributed by atoms with E-state index in [-0.39, 0.29) is 24.3 Å². The zero-order valence-electron chi connectivity index (χ0n) is 13.7. The number of hydrogen-bond donors (Lipinski definition) is 1. The highest BCUT2D eigenvalue weighted by Crippen LogP contribution is 2.16. The molecule has 1 saturated heterocycles. The Morgan fingerprint density at radius 1 is 1.52 bits per heavy atom. The topological polar surface area (TPSA) is 76.5 Å². The number of carbonyl (C=O) groups excluding carboxylic acids is 2. The smallest absolute Gasteiger partial charge is 0.305 e. The van der Waals surface area contributed by atoms with Crippen LogP contribution in [0.4, 0.5) is 0 Å². The average Bonchev–Trinajstić information content (AvgIpc) is 3.04. The Kier molecular flexibility index (Phi) is 8.05. The Labute approximate surface area is 142 Å². The van der Waals surface area contributed by atoms with Crippen LogP contribution in [0.25, 0.3) is 0 Å². The van der Waals surface area contributed by atoms with Crippen LogP contribution in [0.3, 0.4) is 0 Å². The minimum absolute atomic E-state index is 0. The molecule has 0 bridgehead atoms. The summed E-state index contributed by atoms with van der Waals surface area (Å²) < 4.78 is 6.46. The standard InChI is InChI=1S/C15H24N4O3.ClH/c1-18(9-4-6-14(20)22-2)15(21)13-7-10-19(17-13)12-5-3-8-16-11-12;/h7,10,12,16H,3-6,8-9,11H2,1-2H3;1H. The predicted molar refractivity (Wildman–Crippen MR) is 88.8 cm³/mol. The lowest BCUT2D eigenvalue weighted by molar-refractivity contribution is -0.140. The summed E-state index contributed by atoms with van der Waals surface area (Å²) in [5, 5.41) is 7.75. The second-order valence-corrected chi connectivity index (χ2v) is 5.59. The second-order valence-electron chi connectivity index (χ2n) is 5.59. The molecular weight excluding hydrogens is 320 g/mol. The molecule has 1 atom stereocenters. The molecule has 23 heavy (non-hydrogen) atoms. The number of nitrogens with one attached hydrogen (secondary N) is 1. The normalized spacial score (nSPS) is 17.2. The van der Waals surface area contributed by atoms with Gasteiger partial charge in [0.05, 0.1) is 13.2 Å². The van der Waals surface area contributed by atoms with Gasteiger partial charge in [-0.05, 0) is 31.9 Å². The predicted octanol–water partition coefficient (Wildman–Crippen LogP) is 1.25. The highest BCUT2D eigenvalue weighted by atomic mass is 35.5. The molecule has 0 saturated carbocycles. The third-order valence-electron chi connectivity index (χ3n) is 3.92. The van der Waals surface area contributed by atoms with Crippen LogP contribution in [-0.4, -0.2) is 60.3 Å². The molecule has 2 rings (SSSR count). The molecule has 2 heterocycles. The molecule has 0 aliphatic carbocycles. The fourth-order valence-corrected chi connectivity index (χ4v) is 2.57. The van der Waals surface area contributed by atoms with E-state index in [0.29, 0.717) is 31.1 Å². The number of methoxy groups -OCH3 is 1. The third kappa shape index (κ3) is 5.51. The van der Waals surface area contributed by atoms with Crippen LogP contribution >= 0.6 is 12.4 Å². The van der Waals surface area contributed by atoms with Gasteiger partial charge in [0, 0.05) is 32.8 Å². The molecule has 1 aliphatic rings. The molecular formula is C15H25ClN4O3. The van der Waals surface area contributed by atoms with Crippen molar-refractivity contribution in [3.8, 4) is 0 Å². The van der Waals surface area contributed by atoms with Gasteiger partial charge in [-0.25, -0.2) is 0 Å². The monoisotopic (exact) mass is 344 g/mol. The van der Waals surface area contributed by atoms with Crippen LogP contribution in [0.1, 0.15) is 42.2 Å². The van der Waals surface area contributed by atoms with E-state index < -0.39 is 0 Å².